The number of rotatable bonds is 4. The molecule has 0 unspecified atom stereocenters. The molecule has 2 aromatic rings. The van der Waals surface area contributed by atoms with Gasteiger partial charge in [0, 0.05) is 11.1 Å². The number of thiazole rings is 1. The molecule has 7 heteroatoms. The number of hydrogen-bond acceptors (Lipinski definition) is 7. The Balaban J connectivity index is 2.06. The van der Waals surface area contributed by atoms with Gasteiger partial charge in [0.25, 0.3) is 0 Å². The Morgan fingerprint density at radius 3 is 3.12 bits per heavy atom. The summed E-state index contributed by atoms with van der Waals surface area (Å²) in [7, 11) is 0. The number of hydrogen-bond donors (Lipinski definition) is 1. The molecule has 0 radical (unpaired) electrons. The largest absolute Gasteiger partial charge is 0.461 e. The molecule has 1 N–H and O–H groups in total. The highest BCUT2D eigenvalue weighted by Gasteiger charge is 2.13. The maximum absolute atomic E-state index is 11.3. The Bertz CT molecular complexity index is 520. The monoisotopic (exact) mass is 253 g/mol. The lowest BCUT2D eigenvalue weighted by Crippen LogP contribution is -2.04. The number of oxazole rings is 1. The zero-order valence-electron chi connectivity index (χ0n) is 9.39. The lowest BCUT2D eigenvalue weighted by molar-refractivity contribution is 0.0519. The zero-order valence-corrected chi connectivity index (χ0v) is 10.2. The third kappa shape index (κ3) is 2.82. The van der Waals surface area contributed by atoms with E-state index >= 15 is 0 Å². The molecule has 2 aromatic heterocycles. The first kappa shape index (κ1) is 11.6. The smallest absolute Gasteiger partial charge is 0.360 e. The van der Waals surface area contributed by atoms with Crippen LogP contribution in [0.1, 0.15) is 22.3 Å². The van der Waals surface area contributed by atoms with Crippen LogP contribution < -0.4 is 5.32 Å². The van der Waals surface area contributed by atoms with Gasteiger partial charge in [-0.2, -0.15) is 4.98 Å². The van der Waals surface area contributed by atoms with Crippen molar-refractivity contribution in [1.29, 1.82) is 0 Å². The van der Waals surface area contributed by atoms with E-state index in [9.17, 15) is 4.79 Å². The van der Waals surface area contributed by atoms with E-state index in [2.05, 4.69) is 15.3 Å². The Morgan fingerprint density at radius 1 is 1.65 bits per heavy atom. The standard InChI is InChI=1S/C10H11N3O3S/c1-3-15-8(14)7-5-16-9(12-7)13-10-11-4-6(2)17-10/h4-5H,3H2,1-2H3,(H,11,12,13). The van der Waals surface area contributed by atoms with Gasteiger partial charge in [0.15, 0.2) is 10.8 Å². The summed E-state index contributed by atoms with van der Waals surface area (Å²) in [6, 6.07) is 0.224. The molecule has 0 spiro atoms. The lowest BCUT2D eigenvalue weighted by Gasteiger charge is -1.95. The maximum atomic E-state index is 11.3. The average Bonchev–Trinajstić information content (AvgIpc) is 2.89. The summed E-state index contributed by atoms with van der Waals surface area (Å²) in [4.78, 5) is 20.4. The van der Waals surface area contributed by atoms with Crippen molar-refractivity contribution in [2.75, 3.05) is 11.9 Å². The normalized spacial score (nSPS) is 10.2. The molecular weight excluding hydrogens is 242 g/mol. The molecule has 0 aliphatic heterocycles. The number of nitrogens with one attached hydrogen (secondary N) is 1. The van der Waals surface area contributed by atoms with Gasteiger partial charge in [0.2, 0.25) is 0 Å². The highest BCUT2D eigenvalue weighted by molar-refractivity contribution is 7.15. The van der Waals surface area contributed by atoms with E-state index in [-0.39, 0.29) is 11.7 Å². The maximum Gasteiger partial charge on any atom is 0.360 e. The Kier molecular flexibility index (Phi) is 3.38. The molecule has 0 atom stereocenters. The van der Waals surface area contributed by atoms with Crippen molar-refractivity contribution in [1.82, 2.24) is 9.97 Å². The van der Waals surface area contributed by atoms with E-state index in [1.807, 2.05) is 6.92 Å². The molecule has 0 aromatic carbocycles. The van der Waals surface area contributed by atoms with Crippen molar-refractivity contribution in [3.63, 3.8) is 0 Å². The fraction of sp³-hybridized carbons (Fsp3) is 0.300. The number of aromatic nitrogens is 2. The van der Waals surface area contributed by atoms with Crippen molar-refractivity contribution >= 4 is 28.5 Å². The SMILES string of the molecule is CCOC(=O)c1coc(Nc2ncc(C)s2)n1. The van der Waals surface area contributed by atoms with Crippen LogP contribution in [0.15, 0.2) is 16.9 Å². The molecule has 0 saturated heterocycles. The summed E-state index contributed by atoms with van der Waals surface area (Å²) in [5.41, 5.74) is 0.141. The van der Waals surface area contributed by atoms with Crippen LogP contribution in [0, 0.1) is 6.92 Å². The fourth-order valence-electron chi connectivity index (χ4n) is 1.13. The number of anilines is 2. The van der Waals surface area contributed by atoms with Crippen molar-refractivity contribution in [2.24, 2.45) is 0 Å². The molecule has 0 amide bonds. The lowest BCUT2D eigenvalue weighted by atomic mass is 10.5. The fourth-order valence-corrected chi connectivity index (χ4v) is 1.79. The van der Waals surface area contributed by atoms with Gasteiger partial charge in [-0.15, -0.1) is 11.3 Å². The van der Waals surface area contributed by atoms with Crippen LogP contribution >= 0.6 is 11.3 Å². The third-order valence-electron chi connectivity index (χ3n) is 1.82. The first-order chi connectivity index (χ1) is 8.19. The topological polar surface area (TPSA) is 77.2 Å². The van der Waals surface area contributed by atoms with Gasteiger partial charge in [0.1, 0.15) is 6.26 Å². The van der Waals surface area contributed by atoms with Crippen LogP contribution in [0.3, 0.4) is 0 Å². The number of nitrogens with zero attached hydrogens (tertiary/aromatic N) is 2. The van der Waals surface area contributed by atoms with Crippen LogP contribution in [-0.2, 0) is 4.74 Å². The van der Waals surface area contributed by atoms with Crippen molar-refractivity contribution in [3.05, 3.63) is 23.0 Å². The highest BCUT2D eigenvalue weighted by atomic mass is 32.1. The van der Waals surface area contributed by atoms with E-state index in [4.69, 9.17) is 9.15 Å². The summed E-state index contributed by atoms with van der Waals surface area (Å²) in [6.07, 6.45) is 2.99. The predicted octanol–water partition coefficient (Wildman–Crippen LogP) is 2.36. The second kappa shape index (κ2) is 4.96. The summed E-state index contributed by atoms with van der Waals surface area (Å²) in [6.45, 7) is 3.98. The molecule has 0 aliphatic rings. The Hall–Kier alpha value is -1.89. The summed E-state index contributed by atoms with van der Waals surface area (Å²) in [5.74, 6) is -0.500. The van der Waals surface area contributed by atoms with Crippen molar-refractivity contribution in [3.8, 4) is 0 Å². The van der Waals surface area contributed by atoms with E-state index in [1.165, 1.54) is 17.6 Å². The second-order valence-electron chi connectivity index (χ2n) is 3.16. The van der Waals surface area contributed by atoms with Crippen molar-refractivity contribution < 1.29 is 13.9 Å². The zero-order chi connectivity index (χ0) is 12.3. The van der Waals surface area contributed by atoms with Gasteiger partial charge in [-0.25, -0.2) is 9.78 Å². The minimum absolute atomic E-state index is 0.141. The number of carbonyl (C=O) groups excluding carboxylic acids is 1. The predicted molar refractivity (Wildman–Crippen MR) is 62.6 cm³/mol. The van der Waals surface area contributed by atoms with Gasteiger partial charge in [-0.3, -0.25) is 5.32 Å². The first-order valence-corrected chi connectivity index (χ1v) is 5.82. The van der Waals surface area contributed by atoms with E-state index in [0.29, 0.717) is 11.7 Å². The van der Waals surface area contributed by atoms with Gasteiger partial charge in [-0.05, 0) is 13.8 Å². The summed E-state index contributed by atoms with van der Waals surface area (Å²) >= 11 is 1.47. The molecule has 0 fully saturated rings. The average molecular weight is 253 g/mol. The molecule has 6 nitrogen and oxygen atoms in total. The first-order valence-electron chi connectivity index (χ1n) is 5.01. The second-order valence-corrected chi connectivity index (χ2v) is 4.39. The van der Waals surface area contributed by atoms with E-state index in [1.54, 1.807) is 13.1 Å². The van der Waals surface area contributed by atoms with Crippen molar-refractivity contribution in [2.45, 2.75) is 13.8 Å². The molecule has 0 saturated carbocycles. The van der Waals surface area contributed by atoms with Crippen LogP contribution in [-0.4, -0.2) is 22.5 Å². The molecule has 2 rings (SSSR count). The quantitative estimate of drug-likeness (QED) is 0.843. The number of carbonyl (C=O) groups is 1. The summed E-state index contributed by atoms with van der Waals surface area (Å²) in [5, 5.41) is 3.53. The molecule has 0 aliphatic carbocycles. The Morgan fingerprint density at radius 2 is 2.47 bits per heavy atom. The molecule has 90 valence electrons. The minimum Gasteiger partial charge on any atom is -0.461 e. The minimum atomic E-state index is -0.500. The molecule has 0 bridgehead atoms. The highest BCUT2D eigenvalue weighted by Crippen LogP contribution is 2.21. The van der Waals surface area contributed by atoms with E-state index < -0.39 is 5.97 Å². The van der Waals surface area contributed by atoms with Gasteiger partial charge < -0.3 is 9.15 Å². The number of ether oxygens (including phenoxy) is 1. The van der Waals surface area contributed by atoms with Gasteiger partial charge >= 0.3 is 12.0 Å². The molecule has 2 heterocycles. The van der Waals surface area contributed by atoms with Crippen LogP contribution in [0.25, 0.3) is 0 Å². The van der Waals surface area contributed by atoms with Crippen LogP contribution in [0.2, 0.25) is 0 Å². The molecular formula is C10H11N3O3S. The molecule has 17 heavy (non-hydrogen) atoms. The number of aryl methyl sites for hydroxylation is 1. The van der Waals surface area contributed by atoms with Crippen LogP contribution in [0.4, 0.5) is 11.1 Å². The van der Waals surface area contributed by atoms with Gasteiger partial charge in [0.05, 0.1) is 6.61 Å². The van der Waals surface area contributed by atoms with E-state index in [0.717, 1.165) is 4.88 Å². The third-order valence-corrected chi connectivity index (χ3v) is 2.65. The Labute approximate surface area is 102 Å². The summed E-state index contributed by atoms with van der Waals surface area (Å²) < 4.78 is 9.88. The number of esters is 1. The van der Waals surface area contributed by atoms with Gasteiger partial charge in [-0.1, -0.05) is 0 Å². The van der Waals surface area contributed by atoms with Crippen LogP contribution in [0.5, 0.6) is 0 Å².